The van der Waals surface area contributed by atoms with Gasteiger partial charge in [-0.05, 0) is 18.1 Å². The van der Waals surface area contributed by atoms with Gasteiger partial charge in [0.25, 0.3) is 0 Å². The minimum absolute atomic E-state index is 0.0247. The van der Waals surface area contributed by atoms with Crippen molar-refractivity contribution in [2.75, 3.05) is 13.1 Å². The maximum atomic E-state index is 12.0. The number of carbonyl (C=O) groups is 3. The Morgan fingerprint density at radius 1 is 0.889 bits per heavy atom. The zero-order chi connectivity index (χ0) is 19.7. The molecule has 1 atom stereocenters. The molecular formula is C21H24N2O4. The molecule has 0 bridgehead atoms. The summed E-state index contributed by atoms with van der Waals surface area (Å²) in [6.07, 6.45) is 0.346. The molecule has 2 amide bonds. The van der Waals surface area contributed by atoms with E-state index in [2.05, 4.69) is 10.6 Å². The van der Waals surface area contributed by atoms with Gasteiger partial charge in [-0.2, -0.15) is 0 Å². The number of nitrogens with one attached hydrogen (secondary N) is 2. The van der Waals surface area contributed by atoms with Gasteiger partial charge in [0.1, 0.15) is 5.41 Å². The predicted octanol–water partition coefficient (Wildman–Crippen LogP) is 1.89. The van der Waals surface area contributed by atoms with Crippen molar-refractivity contribution in [3.63, 3.8) is 0 Å². The molecule has 0 saturated heterocycles. The molecule has 2 aromatic rings. The van der Waals surface area contributed by atoms with Gasteiger partial charge in [0.15, 0.2) is 0 Å². The van der Waals surface area contributed by atoms with Crippen LogP contribution in [-0.2, 0) is 26.2 Å². The molecule has 0 aliphatic heterocycles. The van der Waals surface area contributed by atoms with Crippen LogP contribution in [0, 0.1) is 0 Å². The van der Waals surface area contributed by atoms with Crippen molar-refractivity contribution >= 4 is 17.8 Å². The molecule has 2 aromatic carbocycles. The van der Waals surface area contributed by atoms with Gasteiger partial charge in [-0.25, -0.2) is 0 Å². The van der Waals surface area contributed by atoms with Crippen molar-refractivity contribution in [1.29, 1.82) is 0 Å². The van der Waals surface area contributed by atoms with E-state index in [9.17, 15) is 19.5 Å². The van der Waals surface area contributed by atoms with E-state index in [4.69, 9.17) is 0 Å². The molecule has 0 radical (unpaired) electrons. The zero-order valence-electron chi connectivity index (χ0n) is 15.3. The van der Waals surface area contributed by atoms with Crippen molar-refractivity contribution < 1.29 is 19.5 Å². The summed E-state index contributed by atoms with van der Waals surface area (Å²) in [7, 11) is 0. The highest BCUT2D eigenvalue weighted by molar-refractivity contribution is 5.83. The fraction of sp³-hybridized carbons (Fsp3) is 0.286. The number of hydrogen-bond donors (Lipinski definition) is 3. The molecule has 0 aliphatic rings. The van der Waals surface area contributed by atoms with Gasteiger partial charge < -0.3 is 15.7 Å². The third-order valence-electron chi connectivity index (χ3n) is 4.40. The molecule has 3 N–H and O–H groups in total. The maximum Gasteiger partial charge on any atom is 0.315 e. The fourth-order valence-electron chi connectivity index (χ4n) is 2.63. The third-order valence-corrected chi connectivity index (χ3v) is 4.40. The van der Waals surface area contributed by atoms with Crippen LogP contribution in [-0.4, -0.2) is 36.0 Å². The minimum Gasteiger partial charge on any atom is -0.481 e. The Morgan fingerprint density at radius 3 is 2.07 bits per heavy atom. The Bertz CT molecular complexity index is 777. The van der Waals surface area contributed by atoms with E-state index in [-0.39, 0.29) is 37.7 Å². The molecule has 142 valence electrons. The number of benzene rings is 2. The Balaban J connectivity index is 1.78. The number of carbonyl (C=O) groups excluding carboxylic acids is 2. The Labute approximate surface area is 158 Å². The highest BCUT2D eigenvalue weighted by atomic mass is 16.4. The number of amides is 2. The van der Waals surface area contributed by atoms with Crippen LogP contribution < -0.4 is 10.6 Å². The normalized spacial score (nSPS) is 12.6. The zero-order valence-corrected chi connectivity index (χ0v) is 15.3. The predicted molar refractivity (Wildman–Crippen MR) is 102 cm³/mol. The fourth-order valence-corrected chi connectivity index (χ4v) is 2.63. The molecule has 27 heavy (non-hydrogen) atoms. The largest absolute Gasteiger partial charge is 0.481 e. The monoisotopic (exact) mass is 368 g/mol. The summed E-state index contributed by atoms with van der Waals surface area (Å²) in [5, 5.41) is 14.9. The van der Waals surface area contributed by atoms with E-state index < -0.39 is 11.4 Å². The number of aliphatic carboxylic acids is 1. The van der Waals surface area contributed by atoms with Crippen molar-refractivity contribution in [3.8, 4) is 0 Å². The smallest absolute Gasteiger partial charge is 0.315 e. The third kappa shape index (κ3) is 5.95. The summed E-state index contributed by atoms with van der Waals surface area (Å²) in [4.78, 5) is 35.6. The summed E-state index contributed by atoms with van der Waals surface area (Å²) in [5.41, 5.74) is 0.307. The molecule has 0 aliphatic carbocycles. The first kappa shape index (κ1) is 20.2. The molecule has 0 saturated carbocycles. The van der Waals surface area contributed by atoms with Gasteiger partial charge in [-0.1, -0.05) is 60.7 Å². The maximum absolute atomic E-state index is 12.0. The number of carboxylic acid groups (broad SMARTS) is 1. The quantitative estimate of drug-likeness (QED) is 0.630. The molecular weight excluding hydrogens is 344 g/mol. The first-order valence-corrected chi connectivity index (χ1v) is 8.78. The lowest BCUT2D eigenvalue weighted by atomic mass is 9.82. The van der Waals surface area contributed by atoms with E-state index in [1.807, 2.05) is 36.4 Å². The highest BCUT2D eigenvalue weighted by Gasteiger charge is 2.35. The SMILES string of the molecule is CC(CNC(=O)CCNC(=O)Cc1ccccc1)(C(=O)O)c1ccccc1. The molecule has 0 spiro atoms. The molecule has 6 heteroatoms. The van der Waals surface area contributed by atoms with Crippen molar-refractivity contribution in [2.45, 2.75) is 25.2 Å². The van der Waals surface area contributed by atoms with Crippen LogP contribution >= 0.6 is 0 Å². The van der Waals surface area contributed by atoms with Crippen LogP contribution in [0.4, 0.5) is 0 Å². The van der Waals surface area contributed by atoms with E-state index in [0.717, 1.165) is 5.56 Å². The summed E-state index contributed by atoms with van der Waals surface area (Å²) >= 11 is 0. The first-order valence-electron chi connectivity index (χ1n) is 8.78. The summed E-state index contributed by atoms with van der Waals surface area (Å²) < 4.78 is 0. The Kier molecular flexibility index (Phi) is 7.11. The Hall–Kier alpha value is -3.15. The van der Waals surface area contributed by atoms with Gasteiger partial charge in [-0.3, -0.25) is 14.4 Å². The topological polar surface area (TPSA) is 95.5 Å². The molecule has 6 nitrogen and oxygen atoms in total. The van der Waals surface area contributed by atoms with Gasteiger partial charge in [0.05, 0.1) is 6.42 Å². The Morgan fingerprint density at radius 2 is 1.48 bits per heavy atom. The molecule has 0 fully saturated rings. The van der Waals surface area contributed by atoms with Gasteiger partial charge in [0, 0.05) is 19.5 Å². The second-order valence-electron chi connectivity index (χ2n) is 6.54. The molecule has 0 aromatic heterocycles. The van der Waals surface area contributed by atoms with E-state index in [1.54, 1.807) is 31.2 Å². The van der Waals surface area contributed by atoms with Gasteiger partial charge in [0.2, 0.25) is 11.8 Å². The molecule has 1 unspecified atom stereocenters. The molecule has 0 heterocycles. The van der Waals surface area contributed by atoms with Gasteiger partial charge >= 0.3 is 5.97 Å². The van der Waals surface area contributed by atoms with E-state index in [0.29, 0.717) is 5.56 Å². The lowest BCUT2D eigenvalue weighted by molar-refractivity contribution is -0.143. The van der Waals surface area contributed by atoms with Crippen molar-refractivity contribution in [1.82, 2.24) is 10.6 Å². The second kappa shape index (κ2) is 9.52. The average Bonchev–Trinajstić information content (AvgIpc) is 2.67. The highest BCUT2D eigenvalue weighted by Crippen LogP contribution is 2.23. The summed E-state index contributed by atoms with van der Waals surface area (Å²) in [6.45, 7) is 1.75. The summed E-state index contributed by atoms with van der Waals surface area (Å²) in [5.74, 6) is -1.47. The lowest BCUT2D eigenvalue weighted by Crippen LogP contribution is -2.45. The van der Waals surface area contributed by atoms with E-state index in [1.165, 1.54) is 0 Å². The number of hydrogen-bond acceptors (Lipinski definition) is 3. The number of rotatable bonds is 9. The average molecular weight is 368 g/mol. The van der Waals surface area contributed by atoms with Crippen molar-refractivity contribution in [2.24, 2.45) is 0 Å². The van der Waals surface area contributed by atoms with Crippen LogP contribution in [0.5, 0.6) is 0 Å². The van der Waals surface area contributed by atoms with Crippen LogP contribution in [0.25, 0.3) is 0 Å². The van der Waals surface area contributed by atoms with Crippen LogP contribution in [0.1, 0.15) is 24.5 Å². The van der Waals surface area contributed by atoms with Gasteiger partial charge in [-0.15, -0.1) is 0 Å². The van der Waals surface area contributed by atoms with Crippen LogP contribution in [0.3, 0.4) is 0 Å². The summed E-state index contributed by atoms with van der Waals surface area (Å²) in [6, 6.07) is 18.1. The van der Waals surface area contributed by atoms with Crippen LogP contribution in [0.2, 0.25) is 0 Å². The minimum atomic E-state index is -1.21. The molecule has 2 rings (SSSR count). The first-order chi connectivity index (χ1) is 12.9. The second-order valence-corrected chi connectivity index (χ2v) is 6.54. The lowest BCUT2D eigenvalue weighted by Gasteiger charge is -2.25. The van der Waals surface area contributed by atoms with E-state index >= 15 is 0 Å². The van der Waals surface area contributed by atoms with Crippen molar-refractivity contribution in [3.05, 3.63) is 71.8 Å². The number of carboxylic acids is 1. The van der Waals surface area contributed by atoms with Crippen LogP contribution in [0.15, 0.2) is 60.7 Å². The standard InChI is InChI=1S/C21H24N2O4/c1-21(20(26)27,17-10-6-3-7-11-17)15-23-18(24)12-13-22-19(25)14-16-8-4-2-5-9-16/h2-11H,12-15H2,1H3,(H,22,25)(H,23,24)(H,26,27).